The van der Waals surface area contributed by atoms with E-state index in [4.69, 9.17) is 4.74 Å². The van der Waals surface area contributed by atoms with Crippen LogP contribution in [0.3, 0.4) is 0 Å². The number of sulfonamides is 1. The van der Waals surface area contributed by atoms with E-state index in [1.807, 2.05) is 30.3 Å². The molecule has 2 unspecified atom stereocenters. The number of pyridine rings is 1. The molecule has 0 amide bonds. The summed E-state index contributed by atoms with van der Waals surface area (Å²) in [7, 11) is -4.13. The second kappa shape index (κ2) is 9.28. The monoisotopic (exact) mass is 480 g/mol. The Kier molecular flexibility index (Phi) is 6.60. The smallest absolute Gasteiger partial charge is 0.372 e. The van der Waals surface area contributed by atoms with Gasteiger partial charge in [-0.25, -0.2) is 13.1 Å². The van der Waals surface area contributed by atoms with Gasteiger partial charge in [0, 0.05) is 23.0 Å². The standard InChI is InChI=1S/C23H23F3N2O4S/c24-23(25,26)18-13-22(29)27-19-11-10-16(12-17(18)19)33(30,31)28-20-8-4-5-9-21(20)32-14-15-6-2-1-3-7-15/h1-3,6-7,10-13,20-21,28H,4-5,8-9,14H2,(H,27,29). The van der Waals surface area contributed by atoms with E-state index in [1.165, 1.54) is 12.1 Å². The van der Waals surface area contributed by atoms with Gasteiger partial charge in [-0.1, -0.05) is 43.2 Å². The van der Waals surface area contributed by atoms with E-state index < -0.39 is 33.4 Å². The maximum Gasteiger partial charge on any atom is 0.417 e. The van der Waals surface area contributed by atoms with Crippen LogP contribution in [0.1, 0.15) is 36.8 Å². The SMILES string of the molecule is O=c1cc(C(F)(F)F)c2cc(S(=O)(=O)NC3CCCCC3OCc3ccccc3)ccc2[nH]1. The van der Waals surface area contributed by atoms with Crippen LogP contribution in [0.15, 0.2) is 64.3 Å². The number of H-pyrrole nitrogens is 1. The molecule has 1 heterocycles. The molecule has 2 aromatic carbocycles. The van der Waals surface area contributed by atoms with Gasteiger partial charge in [-0.3, -0.25) is 4.79 Å². The molecule has 0 spiro atoms. The molecule has 33 heavy (non-hydrogen) atoms. The van der Waals surface area contributed by atoms with Crippen LogP contribution in [0.5, 0.6) is 0 Å². The van der Waals surface area contributed by atoms with Crippen molar-refractivity contribution in [3.05, 3.63) is 76.1 Å². The predicted molar refractivity (Wildman–Crippen MR) is 117 cm³/mol. The molecule has 1 aliphatic rings. The van der Waals surface area contributed by atoms with Crippen LogP contribution in [0.25, 0.3) is 10.9 Å². The lowest BCUT2D eigenvalue weighted by atomic mass is 9.93. The van der Waals surface area contributed by atoms with Gasteiger partial charge in [-0.05, 0) is 36.6 Å². The summed E-state index contributed by atoms with van der Waals surface area (Å²) in [5, 5.41) is -0.384. The molecule has 3 aromatic rings. The first-order valence-corrected chi connectivity index (χ1v) is 12.0. The number of hydrogen-bond acceptors (Lipinski definition) is 4. The Morgan fingerprint density at radius 2 is 1.76 bits per heavy atom. The van der Waals surface area contributed by atoms with Crippen molar-refractivity contribution in [2.24, 2.45) is 0 Å². The van der Waals surface area contributed by atoms with Crippen molar-refractivity contribution < 1.29 is 26.3 Å². The quantitative estimate of drug-likeness (QED) is 0.549. The summed E-state index contributed by atoms with van der Waals surface area (Å²) in [5.41, 5.74) is -1.22. The minimum atomic E-state index is -4.80. The van der Waals surface area contributed by atoms with Gasteiger partial charge < -0.3 is 9.72 Å². The van der Waals surface area contributed by atoms with Crippen molar-refractivity contribution in [1.82, 2.24) is 9.71 Å². The third kappa shape index (κ3) is 5.45. The Labute approximate surface area is 188 Å². The van der Waals surface area contributed by atoms with E-state index in [2.05, 4.69) is 9.71 Å². The average Bonchev–Trinajstić information content (AvgIpc) is 2.77. The number of rotatable bonds is 6. The lowest BCUT2D eigenvalue weighted by molar-refractivity contribution is -0.136. The van der Waals surface area contributed by atoms with Crippen LogP contribution in [0, 0.1) is 0 Å². The number of ether oxygens (including phenoxy) is 1. The van der Waals surface area contributed by atoms with Crippen molar-refractivity contribution in [2.45, 2.75) is 55.5 Å². The molecule has 0 aliphatic heterocycles. The molecule has 1 saturated carbocycles. The molecule has 10 heteroatoms. The molecule has 2 N–H and O–H groups in total. The van der Waals surface area contributed by atoms with Gasteiger partial charge in [0.15, 0.2) is 0 Å². The Balaban J connectivity index is 1.59. The summed E-state index contributed by atoms with van der Waals surface area (Å²) in [6, 6.07) is 12.7. The molecular weight excluding hydrogens is 457 g/mol. The largest absolute Gasteiger partial charge is 0.417 e. The van der Waals surface area contributed by atoms with Gasteiger partial charge in [0.1, 0.15) is 0 Å². The highest BCUT2D eigenvalue weighted by molar-refractivity contribution is 7.89. The van der Waals surface area contributed by atoms with Crippen molar-refractivity contribution in [3.63, 3.8) is 0 Å². The maximum atomic E-state index is 13.4. The Morgan fingerprint density at radius 1 is 1.03 bits per heavy atom. The molecule has 1 aliphatic carbocycles. The second-order valence-corrected chi connectivity index (χ2v) is 9.81. The zero-order chi connectivity index (χ0) is 23.6. The number of fused-ring (bicyclic) bond motifs is 1. The fraction of sp³-hybridized carbons (Fsp3) is 0.348. The molecule has 2 atom stereocenters. The summed E-state index contributed by atoms with van der Waals surface area (Å²) in [5.74, 6) is 0. The molecule has 1 fully saturated rings. The molecule has 1 aromatic heterocycles. The van der Waals surface area contributed by atoms with Crippen LogP contribution in [0.2, 0.25) is 0 Å². The van der Waals surface area contributed by atoms with Gasteiger partial charge in [-0.15, -0.1) is 0 Å². The predicted octanol–water partition coefficient (Wildman–Crippen LogP) is 4.35. The van der Waals surface area contributed by atoms with Crippen molar-refractivity contribution >= 4 is 20.9 Å². The Morgan fingerprint density at radius 3 is 2.48 bits per heavy atom. The van der Waals surface area contributed by atoms with Crippen molar-refractivity contribution in [3.8, 4) is 0 Å². The van der Waals surface area contributed by atoms with E-state index in [0.29, 0.717) is 25.5 Å². The highest BCUT2D eigenvalue weighted by Gasteiger charge is 2.34. The third-order valence-corrected chi connectivity index (χ3v) is 7.23. The minimum absolute atomic E-state index is 0.0875. The van der Waals surface area contributed by atoms with Crippen molar-refractivity contribution in [1.29, 1.82) is 0 Å². The highest BCUT2D eigenvalue weighted by Crippen LogP contribution is 2.34. The molecular formula is C23H23F3N2O4S. The molecule has 176 valence electrons. The summed E-state index contributed by atoms with van der Waals surface area (Å²) >= 11 is 0. The molecule has 0 bridgehead atoms. The van der Waals surface area contributed by atoms with Crippen LogP contribution in [0.4, 0.5) is 13.2 Å². The number of benzene rings is 2. The number of aromatic amines is 1. The van der Waals surface area contributed by atoms with E-state index >= 15 is 0 Å². The molecule has 6 nitrogen and oxygen atoms in total. The molecule has 4 rings (SSSR count). The maximum absolute atomic E-state index is 13.4. The fourth-order valence-corrected chi connectivity index (χ4v) is 5.44. The van der Waals surface area contributed by atoms with Gasteiger partial charge in [-0.2, -0.15) is 13.2 Å². The summed E-state index contributed by atoms with van der Waals surface area (Å²) in [6.45, 7) is 0.335. The van der Waals surface area contributed by atoms with E-state index in [-0.39, 0.29) is 21.9 Å². The topological polar surface area (TPSA) is 88.3 Å². The number of halogens is 3. The Bertz CT molecular complexity index is 1290. The number of nitrogens with one attached hydrogen (secondary N) is 2. The summed E-state index contributed by atoms with van der Waals surface area (Å²) in [6.07, 6.45) is -2.20. The normalized spacial score (nSPS) is 19.6. The summed E-state index contributed by atoms with van der Waals surface area (Å²) < 4.78 is 75.1. The van der Waals surface area contributed by atoms with Crippen LogP contribution in [-0.2, 0) is 27.5 Å². The first-order valence-electron chi connectivity index (χ1n) is 10.6. The van der Waals surface area contributed by atoms with Gasteiger partial charge in [0.2, 0.25) is 15.6 Å². The van der Waals surface area contributed by atoms with Gasteiger partial charge >= 0.3 is 6.18 Å². The van der Waals surface area contributed by atoms with Gasteiger partial charge in [0.25, 0.3) is 0 Å². The van der Waals surface area contributed by atoms with Crippen LogP contribution in [-0.4, -0.2) is 25.5 Å². The average molecular weight is 481 g/mol. The minimum Gasteiger partial charge on any atom is -0.372 e. The first kappa shape index (κ1) is 23.5. The van der Waals surface area contributed by atoms with Crippen LogP contribution < -0.4 is 10.3 Å². The number of alkyl halides is 3. The zero-order valence-corrected chi connectivity index (χ0v) is 18.4. The fourth-order valence-electron chi connectivity index (χ4n) is 4.11. The van der Waals surface area contributed by atoms with Gasteiger partial charge in [0.05, 0.1) is 23.2 Å². The first-order chi connectivity index (χ1) is 15.6. The molecule has 0 radical (unpaired) electrons. The zero-order valence-electron chi connectivity index (χ0n) is 17.6. The third-order valence-electron chi connectivity index (χ3n) is 5.75. The Hall–Kier alpha value is -2.69. The summed E-state index contributed by atoms with van der Waals surface area (Å²) in [4.78, 5) is 13.6. The number of hydrogen-bond donors (Lipinski definition) is 2. The lowest BCUT2D eigenvalue weighted by Gasteiger charge is -2.32. The highest BCUT2D eigenvalue weighted by atomic mass is 32.2. The van der Waals surface area contributed by atoms with E-state index in [1.54, 1.807) is 0 Å². The molecule has 0 saturated heterocycles. The van der Waals surface area contributed by atoms with E-state index in [9.17, 15) is 26.4 Å². The van der Waals surface area contributed by atoms with Crippen molar-refractivity contribution in [2.75, 3.05) is 0 Å². The van der Waals surface area contributed by atoms with E-state index in [0.717, 1.165) is 24.5 Å². The second-order valence-electron chi connectivity index (χ2n) is 8.10. The number of aromatic nitrogens is 1. The van der Waals surface area contributed by atoms with Crippen LogP contribution >= 0.6 is 0 Å². The lowest BCUT2D eigenvalue weighted by Crippen LogP contribution is -2.46.